The van der Waals surface area contributed by atoms with Crippen molar-refractivity contribution in [3.05, 3.63) is 34.1 Å². The lowest BCUT2D eigenvalue weighted by Crippen LogP contribution is -2.50. The highest BCUT2D eigenvalue weighted by molar-refractivity contribution is 9.10. The van der Waals surface area contributed by atoms with Gasteiger partial charge in [-0.15, -0.1) is 0 Å². The quantitative estimate of drug-likeness (QED) is 0.832. The summed E-state index contributed by atoms with van der Waals surface area (Å²) in [6.45, 7) is 1.55. The summed E-state index contributed by atoms with van der Waals surface area (Å²) in [6, 6.07) is 4.33. The normalized spacial score (nSPS) is 26.1. The van der Waals surface area contributed by atoms with Crippen LogP contribution in [-0.2, 0) is 15.6 Å². The van der Waals surface area contributed by atoms with Crippen LogP contribution in [-0.4, -0.2) is 31.5 Å². The van der Waals surface area contributed by atoms with E-state index in [0.717, 1.165) is 4.31 Å². The molecular formula is C11H13BrFN3O2S. The molecule has 1 atom stereocenters. The molecule has 0 aromatic heterocycles. The van der Waals surface area contributed by atoms with Gasteiger partial charge in [-0.25, -0.2) is 22.1 Å². The van der Waals surface area contributed by atoms with Gasteiger partial charge in [-0.05, 0) is 25.1 Å². The van der Waals surface area contributed by atoms with Crippen LogP contribution in [0.4, 0.5) is 4.39 Å². The Labute approximate surface area is 119 Å². The maximum Gasteiger partial charge on any atom is 0.239 e. The second-order valence-corrected chi connectivity index (χ2v) is 7.51. The fourth-order valence-electron chi connectivity index (χ4n) is 2.00. The smallest absolute Gasteiger partial charge is 0.239 e. The molecule has 1 aromatic carbocycles. The third-order valence-corrected chi connectivity index (χ3v) is 5.52. The van der Waals surface area contributed by atoms with Crippen LogP contribution in [0.25, 0.3) is 0 Å². The molecular weight excluding hydrogens is 337 g/mol. The molecule has 5 nitrogen and oxygen atoms in total. The molecule has 0 amide bonds. The van der Waals surface area contributed by atoms with E-state index in [0.29, 0.717) is 4.47 Å². The molecule has 0 saturated heterocycles. The van der Waals surface area contributed by atoms with Gasteiger partial charge >= 0.3 is 0 Å². The van der Waals surface area contributed by atoms with Gasteiger partial charge in [0, 0.05) is 17.1 Å². The van der Waals surface area contributed by atoms with Gasteiger partial charge in [0.1, 0.15) is 11.4 Å². The molecule has 0 saturated carbocycles. The minimum Gasteiger partial charge on any atom is -0.369 e. The average molecular weight is 350 g/mol. The van der Waals surface area contributed by atoms with Crippen molar-refractivity contribution in [1.82, 2.24) is 4.31 Å². The first kappa shape index (κ1) is 14.3. The van der Waals surface area contributed by atoms with E-state index in [2.05, 4.69) is 20.9 Å². The number of benzene rings is 1. The van der Waals surface area contributed by atoms with Gasteiger partial charge in [0.15, 0.2) is 0 Å². The van der Waals surface area contributed by atoms with Crippen LogP contribution >= 0.6 is 15.9 Å². The summed E-state index contributed by atoms with van der Waals surface area (Å²) >= 11 is 3.24. The lowest BCUT2D eigenvalue weighted by molar-refractivity contribution is 0.457. The van der Waals surface area contributed by atoms with E-state index >= 15 is 0 Å². The highest BCUT2D eigenvalue weighted by Crippen LogP contribution is 2.34. The topological polar surface area (TPSA) is 75.8 Å². The summed E-state index contributed by atoms with van der Waals surface area (Å²) in [5.41, 5.74) is 4.58. The monoisotopic (exact) mass is 349 g/mol. The number of nitrogens with zero attached hydrogens (tertiary/aromatic N) is 2. The predicted octanol–water partition coefficient (Wildman–Crippen LogP) is 1.39. The molecule has 0 bridgehead atoms. The van der Waals surface area contributed by atoms with Crippen LogP contribution in [0.1, 0.15) is 12.5 Å². The number of aliphatic imine (C=N–C) groups is 1. The van der Waals surface area contributed by atoms with Crippen LogP contribution in [0.5, 0.6) is 0 Å². The van der Waals surface area contributed by atoms with Crippen LogP contribution in [0, 0.1) is 5.82 Å². The van der Waals surface area contributed by atoms with Gasteiger partial charge < -0.3 is 5.73 Å². The third-order valence-electron chi connectivity index (χ3n) is 3.07. The molecule has 0 unspecified atom stereocenters. The molecule has 1 heterocycles. The number of sulfonamides is 1. The largest absolute Gasteiger partial charge is 0.369 e. The Kier molecular flexibility index (Phi) is 3.34. The van der Waals surface area contributed by atoms with E-state index in [4.69, 9.17) is 5.73 Å². The fourth-order valence-corrected chi connectivity index (χ4v) is 3.81. The lowest BCUT2D eigenvalue weighted by atomic mass is 9.94. The summed E-state index contributed by atoms with van der Waals surface area (Å²) < 4.78 is 39.5. The van der Waals surface area contributed by atoms with E-state index in [1.165, 1.54) is 19.2 Å². The van der Waals surface area contributed by atoms with E-state index in [1.807, 2.05) is 0 Å². The van der Waals surface area contributed by atoms with Gasteiger partial charge in [-0.3, -0.25) is 0 Å². The molecule has 0 spiro atoms. The van der Waals surface area contributed by atoms with Gasteiger partial charge in [0.2, 0.25) is 16.0 Å². The minimum absolute atomic E-state index is 0.145. The van der Waals surface area contributed by atoms with Crippen molar-refractivity contribution in [3.63, 3.8) is 0 Å². The van der Waals surface area contributed by atoms with E-state index in [1.54, 1.807) is 13.0 Å². The van der Waals surface area contributed by atoms with Gasteiger partial charge in [0.25, 0.3) is 0 Å². The molecule has 1 aromatic rings. The molecule has 1 aliphatic heterocycles. The molecule has 2 N–H and O–H groups in total. The van der Waals surface area contributed by atoms with Crippen molar-refractivity contribution in [2.45, 2.75) is 12.5 Å². The summed E-state index contributed by atoms with van der Waals surface area (Å²) in [5, 5.41) is 0. The molecule has 1 aliphatic rings. The average Bonchev–Trinajstić information content (AvgIpc) is 2.28. The summed E-state index contributed by atoms with van der Waals surface area (Å²) in [7, 11) is -2.28. The Morgan fingerprint density at radius 3 is 2.74 bits per heavy atom. The number of hydrogen-bond acceptors (Lipinski definition) is 4. The van der Waals surface area contributed by atoms with Gasteiger partial charge in [0.05, 0.1) is 5.75 Å². The maximum atomic E-state index is 13.9. The second-order valence-electron chi connectivity index (χ2n) is 4.59. The third kappa shape index (κ3) is 2.46. The molecule has 104 valence electrons. The molecule has 0 radical (unpaired) electrons. The first-order chi connectivity index (χ1) is 8.66. The van der Waals surface area contributed by atoms with Crippen molar-refractivity contribution in [1.29, 1.82) is 0 Å². The summed E-state index contributed by atoms with van der Waals surface area (Å²) in [4.78, 5) is 4.14. The first-order valence-electron chi connectivity index (χ1n) is 5.43. The van der Waals surface area contributed by atoms with Crippen LogP contribution in [0.2, 0.25) is 0 Å². The van der Waals surface area contributed by atoms with Gasteiger partial charge in [-0.1, -0.05) is 15.9 Å². The van der Waals surface area contributed by atoms with Crippen LogP contribution < -0.4 is 5.73 Å². The predicted molar refractivity (Wildman–Crippen MR) is 74.6 cm³/mol. The van der Waals surface area contributed by atoms with Gasteiger partial charge in [-0.2, -0.15) is 0 Å². The zero-order chi connectivity index (χ0) is 14.4. The maximum absolute atomic E-state index is 13.9. The Morgan fingerprint density at radius 2 is 2.16 bits per heavy atom. The van der Waals surface area contributed by atoms with Crippen LogP contribution in [0.3, 0.4) is 0 Å². The number of halogens is 2. The Balaban J connectivity index is 2.64. The van der Waals surface area contributed by atoms with Crippen molar-refractivity contribution < 1.29 is 12.8 Å². The summed E-state index contributed by atoms with van der Waals surface area (Å²) in [5.74, 6) is -0.986. The highest BCUT2D eigenvalue weighted by atomic mass is 79.9. The SMILES string of the molecule is CN1C(N)=N[C@](C)(c2cc(Br)ccc2F)CS1(=O)=O. The zero-order valence-electron chi connectivity index (χ0n) is 10.4. The standard InChI is InChI=1S/C11H13BrFN3O2S/c1-11(8-5-7(12)3-4-9(8)13)6-19(17,18)16(2)10(14)15-11/h3-5H,6H2,1-2H3,(H2,14,15)/t11-/m0/s1. The lowest BCUT2D eigenvalue weighted by Gasteiger charge is -2.34. The Hall–Kier alpha value is -1.15. The number of nitrogens with two attached hydrogens (primary N) is 1. The molecule has 19 heavy (non-hydrogen) atoms. The van der Waals surface area contributed by atoms with E-state index in [9.17, 15) is 12.8 Å². The first-order valence-corrected chi connectivity index (χ1v) is 7.83. The molecule has 2 rings (SSSR count). The molecule has 8 heteroatoms. The Bertz CT molecular complexity index is 662. The zero-order valence-corrected chi connectivity index (χ0v) is 12.8. The van der Waals surface area contributed by atoms with Crippen molar-refractivity contribution in [2.75, 3.05) is 12.8 Å². The summed E-state index contributed by atoms with van der Waals surface area (Å²) in [6.07, 6.45) is 0. The number of rotatable bonds is 1. The van der Waals surface area contributed by atoms with E-state index < -0.39 is 21.4 Å². The van der Waals surface area contributed by atoms with E-state index in [-0.39, 0.29) is 17.3 Å². The van der Waals surface area contributed by atoms with Crippen molar-refractivity contribution in [2.24, 2.45) is 10.7 Å². The molecule has 0 fully saturated rings. The number of guanidine groups is 1. The minimum atomic E-state index is -3.60. The Morgan fingerprint density at radius 1 is 1.53 bits per heavy atom. The van der Waals surface area contributed by atoms with Crippen LogP contribution in [0.15, 0.2) is 27.7 Å². The van der Waals surface area contributed by atoms with Crippen molar-refractivity contribution >= 4 is 31.9 Å². The fraction of sp³-hybridized carbons (Fsp3) is 0.364. The highest BCUT2D eigenvalue weighted by Gasteiger charge is 2.41. The number of hydrogen-bond donors (Lipinski definition) is 1. The second kappa shape index (κ2) is 4.45. The van der Waals surface area contributed by atoms with Crippen molar-refractivity contribution in [3.8, 4) is 0 Å². The molecule has 0 aliphatic carbocycles.